The molecule has 7 heteroatoms. The van der Waals surface area contributed by atoms with Gasteiger partial charge >= 0.3 is 0 Å². The topological polar surface area (TPSA) is 98.5 Å². The van der Waals surface area contributed by atoms with Gasteiger partial charge in [0.2, 0.25) is 10.0 Å². The first-order valence-corrected chi connectivity index (χ1v) is 8.46. The molecule has 0 bridgehead atoms. The molecule has 21 heavy (non-hydrogen) atoms. The molecule has 116 valence electrons. The molecule has 1 aromatic carbocycles. The molecule has 0 unspecified atom stereocenters. The summed E-state index contributed by atoms with van der Waals surface area (Å²) in [6.45, 7) is 1.63. The van der Waals surface area contributed by atoms with Crippen LogP contribution in [0.2, 0.25) is 0 Å². The van der Waals surface area contributed by atoms with Crippen LogP contribution in [0.3, 0.4) is 0 Å². The summed E-state index contributed by atoms with van der Waals surface area (Å²) in [7, 11) is -3.72. The minimum Gasteiger partial charge on any atom is -0.484 e. The van der Waals surface area contributed by atoms with Gasteiger partial charge < -0.3 is 10.1 Å². The fourth-order valence-electron chi connectivity index (χ4n) is 2.44. The molecule has 0 heterocycles. The maximum atomic E-state index is 11.8. The number of nitrogens with one attached hydrogen (secondary N) is 1. The van der Waals surface area contributed by atoms with Crippen LogP contribution in [0.15, 0.2) is 23.1 Å². The van der Waals surface area contributed by atoms with Crippen LogP contribution in [0, 0.1) is 6.92 Å². The number of amides is 1. The van der Waals surface area contributed by atoms with Gasteiger partial charge in [0.05, 0.1) is 4.90 Å². The second-order valence-electron chi connectivity index (χ2n) is 5.31. The lowest BCUT2D eigenvalue weighted by Gasteiger charge is -2.13. The maximum Gasteiger partial charge on any atom is 0.258 e. The molecule has 1 amide bonds. The Morgan fingerprint density at radius 2 is 2.05 bits per heavy atom. The minimum atomic E-state index is -3.72. The molecule has 6 nitrogen and oxygen atoms in total. The molecule has 0 aliphatic heterocycles. The van der Waals surface area contributed by atoms with Crippen molar-refractivity contribution in [3.8, 4) is 5.75 Å². The third-order valence-corrected chi connectivity index (χ3v) is 4.46. The average Bonchev–Trinajstić information content (AvgIpc) is 2.89. The predicted molar refractivity (Wildman–Crippen MR) is 78.4 cm³/mol. The quantitative estimate of drug-likeness (QED) is 0.850. The Bertz CT molecular complexity index is 622. The number of sulfonamides is 1. The number of benzene rings is 1. The van der Waals surface area contributed by atoms with E-state index in [9.17, 15) is 13.2 Å². The summed E-state index contributed by atoms with van der Waals surface area (Å²) >= 11 is 0. The van der Waals surface area contributed by atoms with Crippen LogP contribution in [0.25, 0.3) is 0 Å². The van der Waals surface area contributed by atoms with Crippen molar-refractivity contribution in [3.63, 3.8) is 0 Å². The molecule has 2 rings (SSSR count). The van der Waals surface area contributed by atoms with Crippen molar-refractivity contribution < 1.29 is 17.9 Å². The lowest BCUT2D eigenvalue weighted by molar-refractivity contribution is -0.123. The summed E-state index contributed by atoms with van der Waals surface area (Å²) in [6, 6.07) is 4.57. The van der Waals surface area contributed by atoms with Crippen LogP contribution in [-0.4, -0.2) is 27.0 Å². The smallest absolute Gasteiger partial charge is 0.258 e. The summed E-state index contributed by atoms with van der Waals surface area (Å²) in [5.74, 6) is 0.320. The molecule has 0 aromatic heterocycles. The van der Waals surface area contributed by atoms with Crippen molar-refractivity contribution in [2.75, 3.05) is 6.61 Å². The molecule has 0 atom stereocenters. The predicted octanol–water partition coefficient (Wildman–Crippen LogP) is 1.08. The molecule has 0 radical (unpaired) electrons. The molecule has 1 saturated carbocycles. The molecule has 3 N–H and O–H groups in total. The number of rotatable bonds is 5. The summed E-state index contributed by atoms with van der Waals surface area (Å²) in [5.41, 5.74) is 0.621. The third-order valence-electron chi connectivity index (χ3n) is 3.55. The van der Waals surface area contributed by atoms with Crippen LogP contribution in [0.4, 0.5) is 0 Å². The van der Waals surface area contributed by atoms with Crippen LogP contribution in [0.5, 0.6) is 5.75 Å². The van der Waals surface area contributed by atoms with Gasteiger partial charge in [-0.05, 0) is 43.5 Å². The Hall–Kier alpha value is -1.60. The van der Waals surface area contributed by atoms with Gasteiger partial charge in [-0.25, -0.2) is 13.6 Å². The van der Waals surface area contributed by atoms with Crippen LogP contribution >= 0.6 is 0 Å². The number of aryl methyl sites for hydroxylation is 1. The van der Waals surface area contributed by atoms with E-state index in [0.29, 0.717) is 11.3 Å². The van der Waals surface area contributed by atoms with E-state index in [1.165, 1.54) is 18.2 Å². The Morgan fingerprint density at radius 1 is 1.38 bits per heavy atom. The number of carbonyl (C=O) groups is 1. The molecule has 0 saturated heterocycles. The molecule has 1 aromatic rings. The Kier molecular flexibility index (Phi) is 4.84. The Labute approximate surface area is 124 Å². The van der Waals surface area contributed by atoms with Crippen LogP contribution in [0.1, 0.15) is 31.2 Å². The van der Waals surface area contributed by atoms with Crippen molar-refractivity contribution in [1.29, 1.82) is 0 Å². The van der Waals surface area contributed by atoms with E-state index >= 15 is 0 Å². The number of hydrogen-bond acceptors (Lipinski definition) is 4. The van der Waals surface area contributed by atoms with Gasteiger partial charge in [0.25, 0.3) is 5.91 Å². The Morgan fingerprint density at radius 3 is 2.62 bits per heavy atom. The van der Waals surface area contributed by atoms with E-state index in [1.807, 2.05) is 0 Å². The first-order chi connectivity index (χ1) is 9.86. The highest BCUT2D eigenvalue weighted by Crippen LogP contribution is 2.21. The van der Waals surface area contributed by atoms with E-state index in [-0.39, 0.29) is 23.5 Å². The standard InChI is InChI=1S/C14H20N2O4S/c1-10-8-12(21(15,18)19)6-7-13(10)20-9-14(17)16-11-4-2-3-5-11/h6-8,11H,2-5,9H2,1H3,(H,16,17)(H2,15,18,19). The van der Waals surface area contributed by atoms with Gasteiger partial charge in [0.15, 0.2) is 6.61 Å². The SMILES string of the molecule is Cc1cc(S(N)(=O)=O)ccc1OCC(=O)NC1CCCC1. The highest BCUT2D eigenvalue weighted by atomic mass is 32.2. The number of primary sulfonamides is 1. The molecule has 1 aliphatic rings. The zero-order chi connectivity index (χ0) is 15.5. The number of ether oxygens (including phenoxy) is 1. The van der Waals surface area contributed by atoms with Crippen molar-refractivity contribution in [3.05, 3.63) is 23.8 Å². The highest BCUT2D eigenvalue weighted by molar-refractivity contribution is 7.89. The first-order valence-electron chi connectivity index (χ1n) is 6.92. The van der Waals surface area contributed by atoms with E-state index in [1.54, 1.807) is 6.92 Å². The summed E-state index contributed by atoms with van der Waals surface area (Å²) in [6.07, 6.45) is 4.35. The van der Waals surface area contributed by atoms with E-state index in [0.717, 1.165) is 25.7 Å². The Balaban J connectivity index is 1.92. The fraction of sp³-hybridized carbons (Fsp3) is 0.500. The average molecular weight is 312 g/mol. The molecule has 1 fully saturated rings. The zero-order valence-corrected chi connectivity index (χ0v) is 12.8. The highest BCUT2D eigenvalue weighted by Gasteiger charge is 2.17. The summed E-state index contributed by atoms with van der Waals surface area (Å²) < 4.78 is 27.9. The first kappa shape index (κ1) is 15.8. The van der Waals surface area contributed by atoms with E-state index < -0.39 is 10.0 Å². The number of nitrogens with two attached hydrogens (primary N) is 1. The lowest BCUT2D eigenvalue weighted by Crippen LogP contribution is -2.36. The lowest BCUT2D eigenvalue weighted by atomic mass is 10.2. The number of carbonyl (C=O) groups excluding carboxylic acids is 1. The monoisotopic (exact) mass is 312 g/mol. The zero-order valence-electron chi connectivity index (χ0n) is 12.0. The normalized spacial score (nSPS) is 15.9. The largest absolute Gasteiger partial charge is 0.484 e. The van der Waals surface area contributed by atoms with Crippen LogP contribution in [-0.2, 0) is 14.8 Å². The van der Waals surface area contributed by atoms with E-state index in [4.69, 9.17) is 9.88 Å². The second-order valence-corrected chi connectivity index (χ2v) is 6.87. The van der Waals surface area contributed by atoms with Crippen molar-refractivity contribution in [1.82, 2.24) is 5.32 Å². The molecular weight excluding hydrogens is 292 g/mol. The maximum absolute atomic E-state index is 11.8. The second kappa shape index (κ2) is 6.44. The van der Waals surface area contributed by atoms with Gasteiger partial charge in [-0.3, -0.25) is 4.79 Å². The van der Waals surface area contributed by atoms with E-state index in [2.05, 4.69) is 5.32 Å². The van der Waals surface area contributed by atoms with Crippen molar-refractivity contribution >= 4 is 15.9 Å². The van der Waals surface area contributed by atoms with Crippen molar-refractivity contribution in [2.45, 2.75) is 43.5 Å². The number of hydrogen-bond donors (Lipinski definition) is 2. The molecule has 0 spiro atoms. The fourth-order valence-corrected chi connectivity index (χ4v) is 3.04. The molecular formula is C14H20N2O4S. The summed E-state index contributed by atoms with van der Waals surface area (Å²) in [5, 5.41) is 7.98. The van der Waals surface area contributed by atoms with Crippen LogP contribution < -0.4 is 15.2 Å². The van der Waals surface area contributed by atoms with Gasteiger partial charge in [0, 0.05) is 6.04 Å². The minimum absolute atomic E-state index is 0.0303. The third kappa shape index (κ3) is 4.44. The van der Waals surface area contributed by atoms with Gasteiger partial charge in [-0.1, -0.05) is 12.8 Å². The summed E-state index contributed by atoms with van der Waals surface area (Å²) in [4.78, 5) is 11.8. The van der Waals surface area contributed by atoms with Gasteiger partial charge in [0.1, 0.15) is 5.75 Å². The van der Waals surface area contributed by atoms with Crippen molar-refractivity contribution in [2.24, 2.45) is 5.14 Å². The van der Waals surface area contributed by atoms with Gasteiger partial charge in [-0.2, -0.15) is 0 Å². The van der Waals surface area contributed by atoms with Gasteiger partial charge in [-0.15, -0.1) is 0 Å². The molecule has 1 aliphatic carbocycles.